The van der Waals surface area contributed by atoms with Crippen LogP contribution in [0.2, 0.25) is 0 Å². The molecule has 2 rings (SSSR count). The highest BCUT2D eigenvalue weighted by molar-refractivity contribution is 9.10. The average molecular weight is 297 g/mol. The number of rotatable bonds is 4. The minimum Gasteiger partial charge on any atom is -0.359 e. The van der Waals surface area contributed by atoms with Gasteiger partial charge in [0.15, 0.2) is 0 Å². The number of hydrogen-bond acceptors (Lipinski definition) is 2. The van der Waals surface area contributed by atoms with Crippen LogP contribution in [0.1, 0.15) is 30.0 Å². The van der Waals surface area contributed by atoms with Crippen LogP contribution < -0.4 is 10.6 Å². The maximum Gasteiger partial charge on any atom is 0.221 e. The molecule has 1 aromatic rings. The molecule has 92 valence electrons. The Kier molecular flexibility index (Phi) is 4.18. The molecule has 4 heteroatoms. The molecule has 1 atom stereocenters. The van der Waals surface area contributed by atoms with Crippen LogP contribution in [-0.2, 0) is 11.2 Å². The fraction of sp³-hybridized carbons (Fsp3) is 0.462. The summed E-state index contributed by atoms with van der Waals surface area (Å²) in [4.78, 5) is 11.1. The van der Waals surface area contributed by atoms with Gasteiger partial charge in [-0.3, -0.25) is 4.79 Å². The number of amides is 1. The summed E-state index contributed by atoms with van der Waals surface area (Å²) >= 11 is 3.59. The van der Waals surface area contributed by atoms with Crippen molar-refractivity contribution in [2.24, 2.45) is 0 Å². The topological polar surface area (TPSA) is 41.1 Å². The Morgan fingerprint density at radius 1 is 1.53 bits per heavy atom. The van der Waals surface area contributed by atoms with E-state index in [2.05, 4.69) is 44.8 Å². The third kappa shape index (κ3) is 2.87. The molecule has 3 nitrogen and oxygen atoms in total. The summed E-state index contributed by atoms with van der Waals surface area (Å²) in [6.45, 7) is 0.732. The largest absolute Gasteiger partial charge is 0.359 e. The maximum atomic E-state index is 11.1. The number of hydrogen-bond donors (Lipinski definition) is 2. The Morgan fingerprint density at radius 3 is 3.12 bits per heavy atom. The highest BCUT2D eigenvalue weighted by Gasteiger charge is 2.23. The number of carbonyl (C=O) groups is 1. The minimum atomic E-state index is 0.0879. The van der Waals surface area contributed by atoms with Crippen LogP contribution in [-0.4, -0.2) is 19.5 Å². The van der Waals surface area contributed by atoms with Crippen molar-refractivity contribution in [1.29, 1.82) is 0 Å². The number of nitrogens with one attached hydrogen (secondary N) is 2. The molecule has 17 heavy (non-hydrogen) atoms. The summed E-state index contributed by atoms with van der Waals surface area (Å²) in [7, 11) is 1.67. The van der Waals surface area contributed by atoms with Crippen LogP contribution in [0.15, 0.2) is 22.7 Å². The maximum absolute atomic E-state index is 11.1. The summed E-state index contributed by atoms with van der Waals surface area (Å²) in [5, 5.41) is 6.08. The minimum absolute atomic E-state index is 0.0879. The van der Waals surface area contributed by atoms with Gasteiger partial charge >= 0.3 is 0 Å². The quantitative estimate of drug-likeness (QED) is 0.894. The summed E-state index contributed by atoms with van der Waals surface area (Å²) in [6.07, 6.45) is 2.76. The van der Waals surface area contributed by atoms with Crippen LogP contribution in [0.25, 0.3) is 0 Å². The van der Waals surface area contributed by atoms with Crippen LogP contribution in [0, 0.1) is 0 Å². The van der Waals surface area contributed by atoms with E-state index in [1.54, 1.807) is 7.05 Å². The van der Waals surface area contributed by atoms with E-state index in [9.17, 15) is 4.79 Å². The van der Waals surface area contributed by atoms with Crippen molar-refractivity contribution in [1.82, 2.24) is 10.6 Å². The molecule has 0 aliphatic heterocycles. The van der Waals surface area contributed by atoms with Crippen LogP contribution in [0.4, 0.5) is 0 Å². The van der Waals surface area contributed by atoms with Gasteiger partial charge in [-0.25, -0.2) is 0 Å². The highest BCUT2D eigenvalue weighted by atomic mass is 79.9. The standard InChI is InChI=1S/C13H17BrN2O/c1-15-13(17)7-8-16-12-6-5-9-10(12)3-2-4-11(9)14/h2-4,12,16H,5-8H2,1H3,(H,15,17). The average Bonchev–Trinajstić information content (AvgIpc) is 2.74. The Balaban J connectivity index is 1.94. The molecule has 0 fully saturated rings. The Bertz CT molecular complexity index is 420. The van der Waals surface area contributed by atoms with E-state index in [-0.39, 0.29) is 5.91 Å². The molecule has 0 saturated carbocycles. The van der Waals surface area contributed by atoms with Gasteiger partial charge in [-0.2, -0.15) is 0 Å². The van der Waals surface area contributed by atoms with E-state index in [4.69, 9.17) is 0 Å². The van der Waals surface area contributed by atoms with Gasteiger partial charge in [0.2, 0.25) is 5.91 Å². The first-order valence-electron chi connectivity index (χ1n) is 5.93. The summed E-state index contributed by atoms with van der Waals surface area (Å²) < 4.78 is 1.20. The first-order valence-corrected chi connectivity index (χ1v) is 6.73. The molecule has 1 aromatic carbocycles. The first kappa shape index (κ1) is 12.6. The normalized spacial score (nSPS) is 17.9. The molecule has 1 amide bonds. The summed E-state index contributed by atoms with van der Waals surface area (Å²) in [5.74, 6) is 0.0879. The zero-order valence-corrected chi connectivity index (χ0v) is 11.5. The molecule has 1 aliphatic carbocycles. The third-order valence-corrected chi connectivity index (χ3v) is 3.98. The summed E-state index contributed by atoms with van der Waals surface area (Å²) in [5.41, 5.74) is 2.78. The van der Waals surface area contributed by atoms with Gasteiger partial charge in [0.25, 0.3) is 0 Å². The SMILES string of the molecule is CNC(=O)CCNC1CCc2c(Br)cccc21. The zero-order chi connectivity index (χ0) is 12.3. The molecule has 0 radical (unpaired) electrons. The molecule has 0 heterocycles. The lowest BCUT2D eigenvalue weighted by Gasteiger charge is -2.13. The zero-order valence-electron chi connectivity index (χ0n) is 9.92. The molecule has 1 aliphatic rings. The molecular weight excluding hydrogens is 280 g/mol. The van der Waals surface area contributed by atoms with E-state index < -0.39 is 0 Å². The number of benzene rings is 1. The molecule has 2 N–H and O–H groups in total. The van der Waals surface area contributed by atoms with Crippen LogP contribution in [0.3, 0.4) is 0 Å². The van der Waals surface area contributed by atoms with Crippen molar-refractivity contribution < 1.29 is 4.79 Å². The van der Waals surface area contributed by atoms with E-state index in [1.165, 1.54) is 15.6 Å². The second kappa shape index (κ2) is 5.65. The van der Waals surface area contributed by atoms with Crippen molar-refractivity contribution in [3.8, 4) is 0 Å². The second-order valence-corrected chi connectivity index (χ2v) is 5.13. The summed E-state index contributed by atoms with van der Waals surface area (Å²) in [6, 6.07) is 6.73. The van der Waals surface area contributed by atoms with E-state index >= 15 is 0 Å². The molecule has 0 bridgehead atoms. The fourth-order valence-corrected chi connectivity index (χ4v) is 2.89. The molecule has 1 unspecified atom stereocenters. The number of carbonyl (C=O) groups excluding carboxylic acids is 1. The monoisotopic (exact) mass is 296 g/mol. The Hall–Kier alpha value is -0.870. The molecular formula is C13H17BrN2O. The van der Waals surface area contributed by atoms with E-state index in [0.717, 1.165) is 19.4 Å². The second-order valence-electron chi connectivity index (χ2n) is 4.28. The van der Waals surface area contributed by atoms with Gasteiger partial charge in [-0.05, 0) is 30.0 Å². The Morgan fingerprint density at radius 2 is 2.35 bits per heavy atom. The first-order chi connectivity index (χ1) is 8.22. The smallest absolute Gasteiger partial charge is 0.221 e. The number of halogens is 1. The lowest BCUT2D eigenvalue weighted by molar-refractivity contribution is -0.120. The molecule has 0 spiro atoms. The highest BCUT2D eigenvalue weighted by Crippen LogP contribution is 2.35. The van der Waals surface area contributed by atoms with Crippen molar-refractivity contribution >= 4 is 21.8 Å². The fourth-order valence-electron chi connectivity index (χ4n) is 2.31. The van der Waals surface area contributed by atoms with Crippen molar-refractivity contribution in [2.75, 3.05) is 13.6 Å². The lowest BCUT2D eigenvalue weighted by Crippen LogP contribution is -2.26. The molecule has 0 saturated heterocycles. The van der Waals surface area contributed by atoms with Gasteiger partial charge in [-0.1, -0.05) is 28.1 Å². The van der Waals surface area contributed by atoms with Gasteiger partial charge in [0.05, 0.1) is 0 Å². The van der Waals surface area contributed by atoms with Gasteiger partial charge in [-0.15, -0.1) is 0 Å². The van der Waals surface area contributed by atoms with Gasteiger partial charge in [0, 0.05) is 30.5 Å². The van der Waals surface area contributed by atoms with Crippen LogP contribution >= 0.6 is 15.9 Å². The van der Waals surface area contributed by atoms with Crippen molar-refractivity contribution in [3.63, 3.8) is 0 Å². The predicted octanol–water partition coefficient (Wildman–Crippen LogP) is 2.16. The van der Waals surface area contributed by atoms with Crippen molar-refractivity contribution in [2.45, 2.75) is 25.3 Å². The molecule has 0 aromatic heterocycles. The van der Waals surface area contributed by atoms with Gasteiger partial charge in [0.1, 0.15) is 0 Å². The van der Waals surface area contributed by atoms with Crippen molar-refractivity contribution in [3.05, 3.63) is 33.8 Å². The lowest BCUT2D eigenvalue weighted by atomic mass is 10.1. The van der Waals surface area contributed by atoms with Gasteiger partial charge < -0.3 is 10.6 Å². The Labute approximate surface area is 110 Å². The third-order valence-electron chi connectivity index (χ3n) is 3.24. The number of fused-ring (bicyclic) bond motifs is 1. The van der Waals surface area contributed by atoms with E-state index in [0.29, 0.717) is 12.5 Å². The van der Waals surface area contributed by atoms with Crippen LogP contribution in [0.5, 0.6) is 0 Å². The predicted molar refractivity (Wildman–Crippen MR) is 71.9 cm³/mol. The van der Waals surface area contributed by atoms with E-state index in [1.807, 2.05) is 0 Å².